The highest BCUT2D eigenvalue weighted by Crippen LogP contribution is 2.27. The molecule has 2 atom stereocenters. The third kappa shape index (κ3) is 2.85. The van der Waals surface area contributed by atoms with Crippen LogP contribution in [0.3, 0.4) is 0 Å². The first-order valence-electron chi connectivity index (χ1n) is 8.14. The van der Waals surface area contributed by atoms with Gasteiger partial charge in [-0.05, 0) is 19.1 Å². The molecule has 0 spiro atoms. The van der Waals surface area contributed by atoms with Gasteiger partial charge in [0.2, 0.25) is 0 Å². The van der Waals surface area contributed by atoms with E-state index in [9.17, 15) is 0 Å². The minimum absolute atomic E-state index is 0.142. The number of hydrogen-bond donors (Lipinski definition) is 0. The van der Waals surface area contributed by atoms with Crippen LogP contribution < -0.4 is 4.90 Å². The van der Waals surface area contributed by atoms with Crippen molar-refractivity contribution >= 4 is 16.9 Å². The largest absolute Gasteiger partial charge is 0.379 e. The third-order valence-electron chi connectivity index (χ3n) is 4.58. The quantitative estimate of drug-likeness (QED) is 0.735. The molecule has 3 heterocycles. The summed E-state index contributed by atoms with van der Waals surface area (Å²) >= 11 is 0. The number of aryl methyl sites for hydroxylation is 1. The zero-order valence-electron chi connectivity index (χ0n) is 13.8. The number of rotatable bonds is 4. The van der Waals surface area contributed by atoms with Gasteiger partial charge in [0.05, 0.1) is 29.0 Å². The van der Waals surface area contributed by atoms with Gasteiger partial charge in [0, 0.05) is 38.6 Å². The molecule has 1 saturated heterocycles. The molecule has 0 aliphatic carbocycles. The molecule has 3 aromatic rings. The lowest BCUT2D eigenvalue weighted by atomic mass is 10.0. The molecule has 1 aliphatic rings. The Hall–Kier alpha value is -2.47. The fourth-order valence-electron chi connectivity index (χ4n) is 3.36. The summed E-state index contributed by atoms with van der Waals surface area (Å²) < 4.78 is 11.1. The van der Waals surface area contributed by atoms with Crippen molar-refractivity contribution in [2.75, 3.05) is 25.1 Å². The van der Waals surface area contributed by atoms with Crippen LogP contribution >= 0.6 is 0 Å². The number of nitrogens with zero attached hydrogens (tertiary/aromatic N) is 4. The number of benzene rings is 1. The Balaban J connectivity index is 1.55. The summed E-state index contributed by atoms with van der Waals surface area (Å²) in [7, 11) is 1.76. The summed E-state index contributed by atoms with van der Waals surface area (Å²) in [6, 6.07) is 9.92. The highest BCUT2D eigenvalue weighted by molar-refractivity contribution is 5.75. The monoisotopic (exact) mass is 324 g/mol. The van der Waals surface area contributed by atoms with Crippen LogP contribution in [0.15, 0.2) is 41.1 Å². The first-order chi connectivity index (χ1) is 11.7. The Labute approximate surface area is 140 Å². The molecule has 2 aromatic heterocycles. The normalized spacial score (nSPS) is 20.8. The zero-order valence-corrected chi connectivity index (χ0v) is 13.8. The first-order valence-corrected chi connectivity index (χ1v) is 8.14. The fourth-order valence-corrected chi connectivity index (χ4v) is 3.36. The number of methoxy groups -OCH3 is 1. The third-order valence-corrected chi connectivity index (χ3v) is 4.58. The molecular weight excluding hydrogens is 304 g/mol. The predicted molar refractivity (Wildman–Crippen MR) is 91.0 cm³/mol. The molecule has 4 rings (SSSR count). The van der Waals surface area contributed by atoms with E-state index in [-0.39, 0.29) is 6.10 Å². The van der Waals surface area contributed by atoms with E-state index in [1.807, 2.05) is 43.5 Å². The SMILES string of the molecule is CO[C@H]1CN(c2cnc3ccccc3n2)C[C@H]1Cc1cc(C)no1. The Kier molecular flexibility index (Phi) is 3.90. The van der Waals surface area contributed by atoms with Crippen LogP contribution in [-0.4, -0.2) is 41.4 Å². The zero-order chi connectivity index (χ0) is 16.5. The van der Waals surface area contributed by atoms with Gasteiger partial charge in [-0.3, -0.25) is 4.98 Å². The first kappa shape index (κ1) is 15.1. The summed E-state index contributed by atoms with van der Waals surface area (Å²) in [5.74, 6) is 2.15. The number of fused-ring (bicyclic) bond motifs is 1. The average Bonchev–Trinajstić information content (AvgIpc) is 3.20. The summed E-state index contributed by atoms with van der Waals surface area (Å²) in [5, 5.41) is 3.97. The number of para-hydroxylation sites is 2. The molecule has 0 bridgehead atoms. The van der Waals surface area contributed by atoms with Crippen molar-refractivity contribution in [3.63, 3.8) is 0 Å². The van der Waals surface area contributed by atoms with E-state index < -0.39 is 0 Å². The molecule has 1 aliphatic heterocycles. The number of hydrogen-bond acceptors (Lipinski definition) is 6. The van der Waals surface area contributed by atoms with Gasteiger partial charge in [-0.1, -0.05) is 17.3 Å². The van der Waals surface area contributed by atoms with Crippen molar-refractivity contribution in [1.82, 2.24) is 15.1 Å². The maximum absolute atomic E-state index is 5.69. The van der Waals surface area contributed by atoms with Crippen LogP contribution in [0.4, 0.5) is 5.82 Å². The van der Waals surface area contributed by atoms with Crippen LogP contribution in [0.2, 0.25) is 0 Å². The van der Waals surface area contributed by atoms with E-state index in [2.05, 4.69) is 15.0 Å². The van der Waals surface area contributed by atoms with Crippen LogP contribution in [0.25, 0.3) is 11.0 Å². The van der Waals surface area contributed by atoms with Gasteiger partial charge in [-0.15, -0.1) is 0 Å². The second kappa shape index (κ2) is 6.20. The van der Waals surface area contributed by atoms with Gasteiger partial charge in [0.15, 0.2) is 0 Å². The lowest BCUT2D eigenvalue weighted by molar-refractivity contribution is 0.0813. The van der Waals surface area contributed by atoms with Crippen LogP contribution in [-0.2, 0) is 11.2 Å². The molecule has 1 fully saturated rings. The fraction of sp³-hybridized carbons (Fsp3) is 0.389. The number of ether oxygens (including phenoxy) is 1. The van der Waals surface area contributed by atoms with Gasteiger partial charge in [0.1, 0.15) is 11.6 Å². The van der Waals surface area contributed by atoms with Gasteiger partial charge in [-0.25, -0.2) is 4.98 Å². The van der Waals surface area contributed by atoms with Crippen molar-refractivity contribution in [1.29, 1.82) is 0 Å². The molecule has 124 valence electrons. The molecule has 0 N–H and O–H groups in total. The molecule has 6 nitrogen and oxygen atoms in total. The molecule has 24 heavy (non-hydrogen) atoms. The molecule has 1 aromatic carbocycles. The lowest BCUT2D eigenvalue weighted by Crippen LogP contribution is -2.23. The van der Waals surface area contributed by atoms with Crippen molar-refractivity contribution in [2.45, 2.75) is 19.4 Å². The van der Waals surface area contributed by atoms with Crippen molar-refractivity contribution in [2.24, 2.45) is 5.92 Å². The van der Waals surface area contributed by atoms with E-state index in [4.69, 9.17) is 14.2 Å². The van der Waals surface area contributed by atoms with E-state index in [1.54, 1.807) is 7.11 Å². The van der Waals surface area contributed by atoms with Gasteiger partial charge >= 0.3 is 0 Å². The Bertz CT molecular complexity index is 848. The molecule has 0 radical (unpaired) electrons. The minimum atomic E-state index is 0.142. The maximum atomic E-state index is 5.69. The molecule has 0 amide bonds. The highest BCUT2D eigenvalue weighted by atomic mass is 16.5. The maximum Gasteiger partial charge on any atom is 0.147 e. The molecule has 0 unspecified atom stereocenters. The summed E-state index contributed by atoms with van der Waals surface area (Å²) in [5.41, 5.74) is 2.74. The Morgan fingerprint density at radius 2 is 2.08 bits per heavy atom. The van der Waals surface area contributed by atoms with Crippen LogP contribution in [0.1, 0.15) is 11.5 Å². The Morgan fingerprint density at radius 3 is 2.83 bits per heavy atom. The van der Waals surface area contributed by atoms with Crippen molar-refractivity contribution < 1.29 is 9.26 Å². The number of anilines is 1. The van der Waals surface area contributed by atoms with Crippen molar-refractivity contribution in [3.05, 3.63) is 48.0 Å². The van der Waals surface area contributed by atoms with E-state index in [1.165, 1.54) is 0 Å². The molecule has 0 saturated carbocycles. The average molecular weight is 324 g/mol. The van der Waals surface area contributed by atoms with Crippen molar-refractivity contribution in [3.8, 4) is 0 Å². The van der Waals surface area contributed by atoms with Gasteiger partial charge in [0.25, 0.3) is 0 Å². The van der Waals surface area contributed by atoms with Crippen LogP contribution in [0, 0.1) is 12.8 Å². The summed E-state index contributed by atoms with van der Waals surface area (Å²) in [6.07, 6.45) is 2.80. The second-order valence-electron chi connectivity index (χ2n) is 6.29. The van der Waals surface area contributed by atoms with Gasteiger partial charge < -0.3 is 14.2 Å². The lowest BCUT2D eigenvalue weighted by Gasteiger charge is -2.16. The van der Waals surface area contributed by atoms with Gasteiger partial charge in [-0.2, -0.15) is 0 Å². The van der Waals surface area contributed by atoms with E-state index in [0.29, 0.717) is 5.92 Å². The number of aromatic nitrogens is 3. The smallest absolute Gasteiger partial charge is 0.147 e. The summed E-state index contributed by atoms with van der Waals surface area (Å²) in [6.45, 7) is 3.61. The minimum Gasteiger partial charge on any atom is -0.379 e. The topological polar surface area (TPSA) is 64.3 Å². The standard InChI is InChI=1S/C18H20N4O2/c1-12-7-14(24-21-12)8-13-10-22(11-17(13)23-2)18-9-19-15-5-3-4-6-16(15)20-18/h3-7,9,13,17H,8,10-11H2,1-2H3/t13-,17+/m1/s1. The molecular formula is C18H20N4O2. The van der Waals surface area contributed by atoms with E-state index in [0.717, 1.165) is 47.8 Å². The van der Waals surface area contributed by atoms with E-state index >= 15 is 0 Å². The predicted octanol–water partition coefficient (Wildman–Crippen LogP) is 2.62. The second-order valence-corrected chi connectivity index (χ2v) is 6.29. The van der Waals surface area contributed by atoms with Crippen LogP contribution in [0.5, 0.6) is 0 Å². The Morgan fingerprint density at radius 1 is 1.25 bits per heavy atom. The highest BCUT2D eigenvalue weighted by Gasteiger charge is 2.34. The summed E-state index contributed by atoms with van der Waals surface area (Å²) in [4.78, 5) is 11.5. The molecule has 6 heteroatoms.